The lowest BCUT2D eigenvalue weighted by Crippen LogP contribution is -2.57. The topological polar surface area (TPSA) is 147 Å². The number of nitrogens with two attached hydrogens (primary N) is 1. The predicted octanol–water partition coefficient (Wildman–Crippen LogP) is 2.25. The van der Waals surface area contributed by atoms with Crippen LogP contribution in [0.5, 0.6) is 0 Å². The molecule has 9 nitrogen and oxygen atoms in total. The fourth-order valence-electron chi connectivity index (χ4n) is 3.85. The summed E-state index contributed by atoms with van der Waals surface area (Å²) in [5.41, 5.74) is 5.97. The average molecular weight is 523 g/mol. The Hall–Kier alpha value is -1.75. The molecule has 0 rings (SSSR count). The van der Waals surface area contributed by atoms with Gasteiger partial charge in [0.1, 0.15) is 17.8 Å². The number of hydrogen-bond donors (Lipinski definition) is 4. The van der Waals surface area contributed by atoms with Gasteiger partial charge in [-0.1, -0.05) is 55.4 Å². The summed E-state index contributed by atoms with van der Waals surface area (Å²) in [6.45, 7) is 15.1. The zero-order valence-electron chi connectivity index (χ0n) is 22.6. The maximum atomic E-state index is 13.4. The zero-order chi connectivity index (χ0) is 27.5. The Morgan fingerprint density at radius 1 is 0.657 bits per heavy atom. The molecule has 0 heterocycles. The first-order chi connectivity index (χ1) is 15.9. The molecule has 0 aromatic heterocycles. The van der Waals surface area contributed by atoms with E-state index in [1.807, 2.05) is 55.4 Å². The summed E-state index contributed by atoms with van der Waals surface area (Å²) in [5.74, 6) is -2.06. The van der Waals surface area contributed by atoms with E-state index >= 15 is 0 Å². The minimum atomic E-state index is -4.81. The molecule has 0 aliphatic heterocycles. The van der Waals surface area contributed by atoms with Gasteiger partial charge in [-0.15, -0.1) is 3.89 Å². The SMILES string of the molecule is CC(C)C[C@@H](CS(=O)(=O)F)NC(=O)[C@H](CC(C)C)NC(=O)[C@H](CC(C)C)NC(=O)[C@@H](N)CC(C)C. The monoisotopic (exact) mass is 522 g/mol. The van der Waals surface area contributed by atoms with E-state index in [4.69, 9.17) is 5.73 Å². The largest absolute Gasteiger partial charge is 0.350 e. The van der Waals surface area contributed by atoms with E-state index in [0.717, 1.165) is 0 Å². The Kier molecular flexibility index (Phi) is 14.6. The molecule has 3 amide bonds. The second-order valence-corrected chi connectivity index (χ2v) is 12.6. The molecule has 5 N–H and O–H groups in total. The van der Waals surface area contributed by atoms with E-state index in [9.17, 15) is 26.7 Å². The molecule has 11 heteroatoms. The van der Waals surface area contributed by atoms with Gasteiger partial charge in [-0.3, -0.25) is 14.4 Å². The fourth-order valence-corrected chi connectivity index (χ4v) is 4.55. The van der Waals surface area contributed by atoms with Gasteiger partial charge >= 0.3 is 10.2 Å². The minimum absolute atomic E-state index is 0.0147. The molecule has 4 atom stereocenters. The maximum absolute atomic E-state index is 13.4. The smallest absolute Gasteiger partial charge is 0.304 e. The van der Waals surface area contributed by atoms with Crippen molar-refractivity contribution in [1.29, 1.82) is 0 Å². The summed E-state index contributed by atoms with van der Waals surface area (Å²) in [4.78, 5) is 38.7. The van der Waals surface area contributed by atoms with Crippen LogP contribution in [0.4, 0.5) is 3.89 Å². The van der Waals surface area contributed by atoms with Crippen LogP contribution in [0.3, 0.4) is 0 Å². The van der Waals surface area contributed by atoms with E-state index in [-0.39, 0.29) is 36.5 Å². The van der Waals surface area contributed by atoms with Gasteiger partial charge in [0.2, 0.25) is 17.7 Å². The van der Waals surface area contributed by atoms with Gasteiger partial charge in [-0.2, -0.15) is 8.42 Å². The third-order valence-electron chi connectivity index (χ3n) is 5.24. The van der Waals surface area contributed by atoms with Crippen molar-refractivity contribution in [3.63, 3.8) is 0 Å². The number of rotatable bonds is 16. The Morgan fingerprint density at radius 3 is 1.40 bits per heavy atom. The van der Waals surface area contributed by atoms with Crippen molar-refractivity contribution in [3.05, 3.63) is 0 Å². The van der Waals surface area contributed by atoms with E-state index < -0.39 is 57.9 Å². The number of hydrogen-bond acceptors (Lipinski definition) is 6. The molecule has 0 aliphatic carbocycles. The first kappa shape index (κ1) is 33.2. The minimum Gasteiger partial charge on any atom is -0.350 e. The second kappa shape index (κ2) is 15.4. The van der Waals surface area contributed by atoms with Crippen LogP contribution in [0, 0.1) is 23.7 Å². The molecule has 0 aromatic carbocycles. The highest BCUT2D eigenvalue weighted by atomic mass is 32.3. The summed E-state index contributed by atoms with van der Waals surface area (Å²) in [6.07, 6.45) is 1.35. The number of amides is 3. The standard InChI is InChI=1S/C24H47FN4O5S/c1-14(2)9-18(13-35(25,33)34)27-23(31)20(11-16(5)6)29-24(32)21(12-17(7)8)28-22(30)19(26)10-15(3)4/h14-21H,9-13,26H2,1-8H3,(H,27,31)(H,28,30)(H,29,32)/t18-,19-,20-,21-/m0/s1. The Balaban J connectivity index is 5.62. The molecular weight excluding hydrogens is 475 g/mol. The van der Waals surface area contributed by atoms with Gasteiger partial charge in [0.25, 0.3) is 0 Å². The van der Waals surface area contributed by atoms with Crippen LogP contribution in [0.1, 0.15) is 81.1 Å². The maximum Gasteiger partial charge on any atom is 0.304 e. The van der Waals surface area contributed by atoms with Gasteiger partial charge < -0.3 is 21.7 Å². The van der Waals surface area contributed by atoms with Crippen molar-refractivity contribution in [2.75, 3.05) is 5.75 Å². The summed E-state index contributed by atoms with van der Waals surface area (Å²) in [6, 6.07) is -3.55. The Labute approximate surface area is 211 Å². The number of halogens is 1. The second-order valence-electron chi connectivity index (χ2n) is 11.2. The summed E-state index contributed by atoms with van der Waals surface area (Å²) < 4.78 is 35.8. The highest BCUT2D eigenvalue weighted by molar-refractivity contribution is 7.86. The van der Waals surface area contributed by atoms with Crippen LogP contribution in [0.15, 0.2) is 0 Å². The Bertz CT molecular complexity index is 787. The Morgan fingerprint density at radius 2 is 1.03 bits per heavy atom. The quantitative estimate of drug-likeness (QED) is 0.229. The van der Waals surface area contributed by atoms with E-state index in [0.29, 0.717) is 12.8 Å². The highest BCUT2D eigenvalue weighted by Gasteiger charge is 2.31. The van der Waals surface area contributed by atoms with Crippen molar-refractivity contribution in [2.45, 2.75) is 105 Å². The van der Waals surface area contributed by atoms with E-state index in [1.54, 1.807) is 0 Å². The summed E-state index contributed by atoms with van der Waals surface area (Å²) in [7, 11) is -4.81. The van der Waals surface area contributed by atoms with Gasteiger partial charge in [0.05, 0.1) is 6.04 Å². The van der Waals surface area contributed by atoms with E-state index in [1.165, 1.54) is 0 Å². The fraction of sp³-hybridized carbons (Fsp3) is 0.875. The highest BCUT2D eigenvalue weighted by Crippen LogP contribution is 2.12. The van der Waals surface area contributed by atoms with Gasteiger partial charge in [-0.25, -0.2) is 0 Å². The third kappa shape index (κ3) is 15.8. The van der Waals surface area contributed by atoms with Crippen LogP contribution < -0.4 is 21.7 Å². The van der Waals surface area contributed by atoms with Crippen molar-refractivity contribution < 1.29 is 26.7 Å². The molecule has 0 spiro atoms. The molecule has 0 saturated carbocycles. The van der Waals surface area contributed by atoms with Crippen LogP contribution in [0.25, 0.3) is 0 Å². The van der Waals surface area contributed by atoms with Gasteiger partial charge in [-0.05, 0) is 49.4 Å². The zero-order valence-corrected chi connectivity index (χ0v) is 23.4. The molecule has 0 unspecified atom stereocenters. The number of nitrogens with one attached hydrogen (secondary N) is 3. The van der Waals surface area contributed by atoms with Crippen molar-refractivity contribution in [1.82, 2.24) is 16.0 Å². The molecule has 0 radical (unpaired) electrons. The molecule has 35 heavy (non-hydrogen) atoms. The van der Waals surface area contributed by atoms with Crippen molar-refractivity contribution in [3.8, 4) is 0 Å². The van der Waals surface area contributed by atoms with Gasteiger partial charge in [0.15, 0.2) is 0 Å². The van der Waals surface area contributed by atoms with Crippen molar-refractivity contribution >= 4 is 27.9 Å². The normalized spacial score (nSPS) is 15.7. The molecular formula is C24H47FN4O5S. The molecule has 0 fully saturated rings. The first-order valence-electron chi connectivity index (χ1n) is 12.5. The van der Waals surface area contributed by atoms with Gasteiger partial charge in [0, 0.05) is 6.04 Å². The molecule has 0 aromatic rings. The lowest BCUT2D eigenvalue weighted by Gasteiger charge is -2.27. The molecule has 0 aliphatic rings. The van der Waals surface area contributed by atoms with Crippen LogP contribution in [-0.2, 0) is 24.6 Å². The summed E-state index contributed by atoms with van der Waals surface area (Å²) >= 11 is 0. The molecule has 206 valence electrons. The third-order valence-corrected chi connectivity index (χ3v) is 6.05. The number of carbonyl (C=O) groups is 3. The van der Waals surface area contributed by atoms with Crippen molar-refractivity contribution in [2.24, 2.45) is 29.4 Å². The molecule has 0 saturated heterocycles. The lowest BCUT2D eigenvalue weighted by atomic mass is 9.98. The lowest BCUT2D eigenvalue weighted by molar-refractivity contribution is -0.133. The van der Waals surface area contributed by atoms with Crippen LogP contribution in [-0.4, -0.2) is 56.1 Å². The summed E-state index contributed by atoms with van der Waals surface area (Å²) in [5, 5.41) is 8.02. The average Bonchev–Trinajstić information content (AvgIpc) is 2.63. The van der Waals surface area contributed by atoms with E-state index in [2.05, 4.69) is 16.0 Å². The first-order valence-corrected chi connectivity index (χ1v) is 14.0. The number of carbonyl (C=O) groups excluding carboxylic acids is 3. The predicted molar refractivity (Wildman–Crippen MR) is 136 cm³/mol. The molecule has 0 bridgehead atoms. The van der Waals surface area contributed by atoms with Crippen LogP contribution in [0.2, 0.25) is 0 Å². The van der Waals surface area contributed by atoms with Crippen LogP contribution >= 0.6 is 0 Å².